The quantitative estimate of drug-likeness (QED) is 0.778. The van der Waals surface area contributed by atoms with E-state index >= 15 is 0 Å². The van der Waals surface area contributed by atoms with Crippen LogP contribution in [0.4, 0.5) is 5.69 Å². The Morgan fingerprint density at radius 3 is 2.57 bits per heavy atom. The number of ether oxygens (including phenoxy) is 2. The van der Waals surface area contributed by atoms with Gasteiger partial charge in [-0.2, -0.15) is 0 Å². The van der Waals surface area contributed by atoms with Gasteiger partial charge in [-0.05, 0) is 62.2 Å². The summed E-state index contributed by atoms with van der Waals surface area (Å²) in [5.41, 5.74) is 3.54. The number of nitrogens with one attached hydrogen (secondary N) is 1. The van der Waals surface area contributed by atoms with Gasteiger partial charge < -0.3 is 19.7 Å². The first-order valence-electron chi connectivity index (χ1n) is 9.98. The Morgan fingerprint density at radius 2 is 1.93 bits per heavy atom. The third kappa shape index (κ3) is 4.97. The van der Waals surface area contributed by atoms with Gasteiger partial charge in [0.25, 0.3) is 0 Å². The molecular weight excluding hydrogens is 352 g/mol. The second-order valence-electron chi connectivity index (χ2n) is 7.35. The first kappa shape index (κ1) is 20.1. The summed E-state index contributed by atoms with van der Waals surface area (Å²) in [6, 6.07) is 14.3. The molecule has 1 saturated heterocycles. The zero-order valence-corrected chi connectivity index (χ0v) is 17.2. The van der Waals surface area contributed by atoms with E-state index in [1.54, 1.807) is 0 Å². The Morgan fingerprint density at radius 1 is 1.21 bits per heavy atom. The summed E-state index contributed by atoms with van der Waals surface area (Å²) in [5.74, 6) is 1.77. The smallest absolute Gasteiger partial charge is 0.217 e. The van der Waals surface area contributed by atoms with Gasteiger partial charge in [-0.1, -0.05) is 12.1 Å². The molecule has 2 aromatic carbocycles. The van der Waals surface area contributed by atoms with Crippen molar-refractivity contribution < 1.29 is 14.3 Å². The number of carbonyl (C=O) groups is 1. The minimum Gasteiger partial charge on any atom is -0.494 e. The summed E-state index contributed by atoms with van der Waals surface area (Å²) in [6.45, 7) is 10.2. The third-order valence-electron chi connectivity index (χ3n) is 5.07. The van der Waals surface area contributed by atoms with Gasteiger partial charge in [0.15, 0.2) is 0 Å². The molecule has 5 heteroatoms. The molecule has 1 aliphatic heterocycles. The van der Waals surface area contributed by atoms with Crippen molar-refractivity contribution in [2.75, 3.05) is 24.6 Å². The van der Waals surface area contributed by atoms with Crippen LogP contribution in [0, 0.1) is 6.92 Å². The Kier molecular flexibility index (Phi) is 6.45. The van der Waals surface area contributed by atoms with Crippen molar-refractivity contribution in [3.63, 3.8) is 0 Å². The molecule has 0 aliphatic carbocycles. The molecule has 0 radical (unpaired) electrons. The van der Waals surface area contributed by atoms with E-state index in [1.165, 1.54) is 18.2 Å². The van der Waals surface area contributed by atoms with Crippen LogP contribution >= 0.6 is 0 Å². The van der Waals surface area contributed by atoms with Gasteiger partial charge in [-0.25, -0.2) is 0 Å². The molecule has 0 saturated carbocycles. The second kappa shape index (κ2) is 9.00. The molecule has 3 rings (SSSR count). The Hall–Kier alpha value is -2.69. The van der Waals surface area contributed by atoms with Crippen LogP contribution in [0.1, 0.15) is 44.4 Å². The van der Waals surface area contributed by atoms with Crippen molar-refractivity contribution in [3.05, 3.63) is 53.6 Å². The normalized spacial score (nSPS) is 17.3. The first-order chi connectivity index (χ1) is 13.5. The van der Waals surface area contributed by atoms with Gasteiger partial charge >= 0.3 is 0 Å². The Balaban J connectivity index is 1.58. The lowest BCUT2D eigenvalue weighted by molar-refractivity contribution is -0.119. The number of nitrogens with zero attached hydrogens (tertiary/aromatic N) is 1. The maximum Gasteiger partial charge on any atom is 0.217 e. The van der Waals surface area contributed by atoms with Crippen LogP contribution in [0.2, 0.25) is 0 Å². The van der Waals surface area contributed by atoms with E-state index in [0.29, 0.717) is 6.61 Å². The number of hydrogen-bond acceptors (Lipinski definition) is 4. The highest BCUT2D eigenvalue weighted by atomic mass is 16.5. The standard InChI is InChI=1S/C23H30N2O3/c1-5-27-21-10-11-23(16(2)14-21)25-13-12-22(15-25)28-20-8-6-19(7-9-20)17(3)24-18(4)26/h6-11,14,17,22H,5,12-13,15H2,1-4H3,(H,24,26). The zero-order chi connectivity index (χ0) is 20.1. The van der Waals surface area contributed by atoms with E-state index in [-0.39, 0.29) is 18.1 Å². The Bertz CT molecular complexity index is 804. The van der Waals surface area contributed by atoms with Crippen LogP contribution < -0.4 is 19.7 Å². The SMILES string of the molecule is CCOc1ccc(N2CCC(Oc3ccc(C(C)NC(C)=O)cc3)C2)c(C)c1. The fourth-order valence-electron chi connectivity index (χ4n) is 3.70. The van der Waals surface area contributed by atoms with Gasteiger partial charge in [-0.3, -0.25) is 4.79 Å². The third-order valence-corrected chi connectivity index (χ3v) is 5.07. The van der Waals surface area contributed by atoms with E-state index < -0.39 is 0 Å². The summed E-state index contributed by atoms with van der Waals surface area (Å²) in [6.07, 6.45) is 1.17. The number of benzene rings is 2. The zero-order valence-electron chi connectivity index (χ0n) is 17.2. The van der Waals surface area contributed by atoms with E-state index in [0.717, 1.165) is 36.6 Å². The monoisotopic (exact) mass is 382 g/mol. The molecule has 2 unspecified atom stereocenters. The van der Waals surface area contributed by atoms with Crippen LogP contribution in [0.3, 0.4) is 0 Å². The molecule has 0 aromatic heterocycles. The molecule has 1 aliphatic rings. The van der Waals surface area contributed by atoms with Crippen molar-refractivity contribution in [1.29, 1.82) is 0 Å². The number of amides is 1. The molecular formula is C23H30N2O3. The second-order valence-corrected chi connectivity index (χ2v) is 7.35. The van der Waals surface area contributed by atoms with Crippen LogP contribution in [0.25, 0.3) is 0 Å². The lowest BCUT2D eigenvalue weighted by Crippen LogP contribution is -2.25. The van der Waals surface area contributed by atoms with Crippen LogP contribution in [0.5, 0.6) is 11.5 Å². The predicted octanol–water partition coefficient (Wildman–Crippen LogP) is 4.25. The van der Waals surface area contributed by atoms with Crippen molar-refractivity contribution in [2.24, 2.45) is 0 Å². The summed E-state index contributed by atoms with van der Waals surface area (Å²) >= 11 is 0. The molecule has 0 bridgehead atoms. The first-order valence-corrected chi connectivity index (χ1v) is 9.98. The summed E-state index contributed by atoms with van der Waals surface area (Å²) in [5, 5.41) is 2.90. The lowest BCUT2D eigenvalue weighted by atomic mass is 10.1. The maximum atomic E-state index is 11.2. The van der Waals surface area contributed by atoms with E-state index in [9.17, 15) is 4.79 Å². The molecule has 5 nitrogen and oxygen atoms in total. The fourth-order valence-corrected chi connectivity index (χ4v) is 3.70. The Labute approximate surface area is 167 Å². The molecule has 150 valence electrons. The molecule has 1 N–H and O–H groups in total. The van der Waals surface area contributed by atoms with E-state index in [1.807, 2.05) is 44.2 Å². The van der Waals surface area contributed by atoms with Gasteiger partial charge in [0.2, 0.25) is 5.91 Å². The topological polar surface area (TPSA) is 50.8 Å². The number of hydrogen-bond donors (Lipinski definition) is 1. The molecule has 2 aromatic rings. The van der Waals surface area contributed by atoms with Gasteiger partial charge in [0, 0.05) is 25.6 Å². The van der Waals surface area contributed by atoms with Crippen LogP contribution in [-0.4, -0.2) is 31.7 Å². The molecule has 1 heterocycles. The van der Waals surface area contributed by atoms with E-state index in [2.05, 4.69) is 29.3 Å². The van der Waals surface area contributed by atoms with Gasteiger partial charge in [0.05, 0.1) is 19.2 Å². The lowest BCUT2D eigenvalue weighted by Gasteiger charge is -2.22. The number of carbonyl (C=O) groups excluding carboxylic acids is 1. The average Bonchev–Trinajstić information content (AvgIpc) is 3.10. The molecule has 0 spiro atoms. The van der Waals surface area contributed by atoms with Gasteiger partial charge in [-0.15, -0.1) is 0 Å². The largest absolute Gasteiger partial charge is 0.494 e. The van der Waals surface area contributed by atoms with Crippen molar-refractivity contribution in [3.8, 4) is 11.5 Å². The van der Waals surface area contributed by atoms with Gasteiger partial charge in [0.1, 0.15) is 17.6 Å². The minimum absolute atomic E-state index is 0.00356. The minimum atomic E-state index is -0.0246. The maximum absolute atomic E-state index is 11.2. The summed E-state index contributed by atoms with van der Waals surface area (Å²) in [7, 11) is 0. The summed E-state index contributed by atoms with van der Waals surface area (Å²) in [4.78, 5) is 13.6. The average molecular weight is 383 g/mol. The van der Waals surface area contributed by atoms with Crippen molar-refractivity contribution in [2.45, 2.75) is 46.3 Å². The van der Waals surface area contributed by atoms with Crippen molar-refractivity contribution in [1.82, 2.24) is 5.32 Å². The molecule has 1 fully saturated rings. The molecule has 28 heavy (non-hydrogen) atoms. The summed E-state index contributed by atoms with van der Waals surface area (Å²) < 4.78 is 11.8. The highest BCUT2D eigenvalue weighted by Crippen LogP contribution is 2.29. The van der Waals surface area contributed by atoms with Crippen LogP contribution in [0.15, 0.2) is 42.5 Å². The fraction of sp³-hybridized carbons (Fsp3) is 0.435. The highest BCUT2D eigenvalue weighted by Gasteiger charge is 2.25. The molecule has 1 amide bonds. The number of aryl methyl sites for hydroxylation is 1. The van der Waals surface area contributed by atoms with Crippen LogP contribution in [-0.2, 0) is 4.79 Å². The van der Waals surface area contributed by atoms with Crippen molar-refractivity contribution >= 4 is 11.6 Å². The molecule has 2 atom stereocenters. The predicted molar refractivity (Wildman–Crippen MR) is 112 cm³/mol. The van der Waals surface area contributed by atoms with E-state index in [4.69, 9.17) is 9.47 Å². The number of rotatable bonds is 7. The highest BCUT2D eigenvalue weighted by molar-refractivity contribution is 5.73. The number of anilines is 1.